The highest BCUT2D eigenvalue weighted by Crippen LogP contribution is 2.48. The van der Waals surface area contributed by atoms with Gasteiger partial charge < -0.3 is 19.8 Å². The number of allylic oxidation sites excluding steroid dienone is 2. The van der Waals surface area contributed by atoms with Crippen LogP contribution in [0.5, 0.6) is 0 Å². The molecular formula is C21H32N3O9P. The molecule has 2 N–H and O–H groups in total. The molecule has 0 aliphatic heterocycles. The maximum Gasteiger partial charge on any atom is 0.340 e. The smallest absolute Gasteiger partial charge is 0.340 e. The van der Waals surface area contributed by atoms with Crippen molar-refractivity contribution in [3.8, 4) is 0 Å². The Hall–Kier alpha value is -2.82. The van der Waals surface area contributed by atoms with Gasteiger partial charge in [0.1, 0.15) is 0 Å². The lowest BCUT2D eigenvalue weighted by Crippen LogP contribution is -2.30. The first kappa shape index (κ1) is 29.2. The Morgan fingerprint density at radius 2 is 1.50 bits per heavy atom. The number of esters is 2. The standard InChI is InChI=1S/C21H32N3O9P/c1-20(2,3)18(27)30-13-32-34(29,33-14-31-19(28)21(4,5)6)12-8-7-10-24-11-9-23-15(16(22)25)17(24)26/h7-9,11H,10,12-14H2,1-6H3,(H2,22,25)/b8-7+. The molecule has 0 spiro atoms. The number of nitrogens with zero attached hydrogens (tertiary/aromatic N) is 2. The predicted molar refractivity (Wildman–Crippen MR) is 122 cm³/mol. The molecule has 13 heteroatoms. The Kier molecular flexibility index (Phi) is 10.4. The zero-order valence-corrected chi connectivity index (χ0v) is 21.1. The van der Waals surface area contributed by atoms with Gasteiger partial charge in [0.15, 0.2) is 5.69 Å². The van der Waals surface area contributed by atoms with E-state index in [2.05, 4.69) is 4.98 Å². The van der Waals surface area contributed by atoms with Crippen molar-refractivity contribution in [2.75, 3.05) is 19.7 Å². The zero-order valence-electron chi connectivity index (χ0n) is 20.2. The van der Waals surface area contributed by atoms with E-state index in [9.17, 15) is 23.7 Å². The van der Waals surface area contributed by atoms with Crippen molar-refractivity contribution < 1.29 is 37.5 Å². The summed E-state index contributed by atoms with van der Waals surface area (Å²) in [5.41, 5.74) is 2.43. The lowest BCUT2D eigenvalue weighted by Gasteiger charge is -2.21. The SMILES string of the molecule is CC(C)(C)C(=O)OCOP(=O)(C/C=C/Cn1ccnc(C(N)=O)c1=O)OCOC(=O)C(C)(C)C. The van der Waals surface area contributed by atoms with Crippen LogP contribution in [0.2, 0.25) is 0 Å². The third-order valence-corrected chi connectivity index (χ3v) is 5.70. The molecule has 1 heterocycles. The number of primary amides is 1. The summed E-state index contributed by atoms with van der Waals surface area (Å²) in [4.78, 5) is 50.8. The number of hydrogen-bond donors (Lipinski definition) is 1. The van der Waals surface area contributed by atoms with Crippen LogP contribution in [0, 0.1) is 10.8 Å². The molecule has 0 aliphatic carbocycles. The number of amides is 1. The minimum atomic E-state index is -3.91. The van der Waals surface area contributed by atoms with Crippen molar-refractivity contribution in [1.82, 2.24) is 9.55 Å². The molecule has 0 atom stereocenters. The van der Waals surface area contributed by atoms with Crippen LogP contribution in [-0.4, -0.2) is 47.1 Å². The van der Waals surface area contributed by atoms with Crippen LogP contribution in [-0.2, 0) is 39.2 Å². The molecule has 0 fully saturated rings. The molecule has 34 heavy (non-hydrogen) atoms. The van der Waals surface area contributed by atoms with Crippen LogP contribution in [0.25, 0.3) is 0 Å². The van der Waals surface area contributed by atoms with E-state index >= 15 is 0 Å². The Morgan fingerprint density at radius 3 is 1.94 bits per heavy atom. The molecule has 190 valence electrons. The molecule has 0 aromatic carbocycles. The molecule has 0 saturated heterocycles. The number of ether oxygens (including phenoxy) is 2. The quantitative estimate of drug-likeness (QED) is 0.205. The summed E-state index contributed by atoms with van der Waals surface area (Å²) < 4.78 is 34.6. The van der Waals surface area contributed by atoms with Crippen LogP contribution in [0.1, 0.15) is 52.0 Å². The van der Waals surface area contributed by atoms with Gasteiger partial charge in [-0.1, -0.05) is 12.2 Å². The first-order valence-corrected chi connectivity index (χ1v) is 12.0. The molecule has 1 aromatic rings. The van der Waals surface area contributed by atoms with Gasteiger partial charge in [-0.25, -0.2) is 4.98 Å². The Balaban J connectivity index is 2.85. The second-order valence-corrected chi connectivity index (χ2v) is 11.3. The molecule has 0 unspecified atom stereocenters. The summed E-state index contributed by atoms with van der Waals surface area (Å²) in [7, 11) is -3.91. The van der Waals surface area contributed by atoms with E-state index in [0.29, 0.717) is 0 Å². The largest absolute Gasteiger partial charge is 0.438 e. The first-order chi connectivity index (χ1) is 15.6. The maximum absolute atomic E-state index is 13.1. The average molecular weight is 501 g/mol. The van der Waals surface area contributed by atoms with Crippen LogP contribution >= 0.6 is 7.60 Å². The molecule has 0 radical (unpaired) electrons. The van der Waals surface area contributed by atoms with Gasteiger partial charge in [-0.2, -0.15) is 0 Å². The number of carbonyl (C=O) groups is 3. The summed E-state index contributed by atoms with van der Waals surface area (Å²) in [5, 5.41) is 0. The monoisotopic (exact) mass is 501 g/mol. The molecule has 1 amide bonds. The minimum Gasteiger partial charge on any atom is -0.438 e. The highest BCUT2D eigenvalue weighted by Gasteiger charge is 2.29. The van der Waals surface area contributed by atoms with Crippen molar-refractivity contribution in [2.24, 2.45) is 16.6 Å². The van der Waals surface area contributed by atoms with Gasteiger partial charge >= 0.3 is 19.5 Å². The summed E-state index contributed by atoms with van der Waals surface area (Å²) >= 11 is 0. The van der Waals surface area contributed by atoms with Crippen molar-refractivity contribution in [3.05, 3.63) is 40.6 Å². The molecule has 0 aliphatic rings. The lowest BCUT2D eigenvalue weighted by molar-refractivity contribution is -0.161. The van der Waals surface area contributed by atoms with Crippen LogP contribution in [0.3, 0.4) is 0 Å². The van der Waals surface area contributed by atoms with E-state index in [0.717, 1.165) is 0 Å². The molecule has 12 nitrogen and oxygen atoms in total. The fourth-order valence-corrected chi connectivity index (χ4v) is 3.17. The normalized spacial score (nSPS) is 12.5. The summed E-state index contributed by atoms with van der Waals surface area (Å²) in [6.45, 7) is 8.60. The molecule has 1 rings (SSSR count). The molecule has 1 aromatic heterocycles. The molecule has 0 bridgehead atoms. The van der Waals surface area contributed by atoms with Gasteiger partial charge in [-0.3, -0.25) is 32.8 Å². The summed E-state index contributed by atoms with van der Waals surface area (Å²) in [6.07, 6.45) is 5.21. The van der Waals surface area contributed by atoms with Crippen molar-refractivity contribution >= 4 is 25.4 Å². The molecule has 0 saturated carbocycles. The van der Waals surface area contributed by atoms with Crippen molar-refractivity contribution in [1.29, 1.82) is 0 Å². The van der Waals surface area contributed by atoms with Gasteiger partial charge in [-0.15, -0.1) is 0 Å². The highest BCUT2D eigenvalue weighted by atomic mass is 31.2. The third-order valence-electron chi connectivity index (χ3n) is 4.05. The topological polar surface area (TPSA) is 166 Å². The van der Waals surface area contributed by atoms with Gasteiger partial charge in [0, 0.05) is 18.9 Å². The van der Waals surface area contributed by atoms with E-state index in [4.69, 9.17) is 24.3 Å². The van der Waals surface area contributed by atoms with Crippen LogP contribution in [0.15, 0.2) is 29.3 Å². The Bertz CT molecular complexity index is 984. The van der Waals surface area contributed by atoms with E-state index in [1.165, 1.54) is 29.1 Å². The Labute approximate surface area is 197 Å². The van der Waals surface area contributed by atoms with Crippen molar-refractivity contribution in [2.45, 2.75) is 48.1 Å². The third kappa shape index (κ3) is 9.58. The predicted octanol–water partition coefficient (Wildman–Crippen LogP) is 2.22. The number of aromatic nitrogens is 2. The highest BCUT2D eigenvalue weighted by molar-refractivity contribution is 7.54. The number of rotatable bonds is 11. The van der Waals surface area contributed by atoms with Gasteiger partial charge in [-0.05, 0) is 41.5 Å². The number of carbonyl (C=O) groups excluding carboxylic acids is 3. The summed E-state index contributed by atoms with van der Waals surface area (Å²) in [5.74, 6) is -2.10. The maximum atomic E-state index is 13.1. The second-order valence-electron chi connectivity index (χ2n) is 9.22. The lowest BCUT2D eigenvalue weighted by atomic mass is 9.98. The number of nitrogens with two attached hydrogens (primary N) is 1. The number of hydrogen-bond acceptors (Lipinski definition) is 10. The fraction of sp³-hybridized carbons (Fsp3) is 0.571. The van der Waals surface area contributed by atoms with Crippen molar-refractivity contribution in [3.63, 3.8) is 0 Å². The molecular weight excluding hydrogens is 469 g/mol. The van der Waals surface area contributed by atoms with Gasteiger partial charge in [0.25, 0.3) is 11.5 Å². The second kappa shape index (κ2) is 12.0. The average Bonchev–Trinajstić information content (AvgIpc) is 2.70. The fourth-order valence-electron chi connectivity index (χ4n) is 2.05. The first-order valence-electron chi connectivity index (χ1n) is 10.3. The van der Waals surface area contributed by atoms with Crippen LogP contribution in [0.4, 0.5) is 0 Å². The van der Waals surface area contributed by atoms with Gasteiger partial charge in [0.05, 0.1) is 17.0 Å². The van der Waals surface area contributed by atoms with E-state index in [1.807, 2.05) is 0 Å². The minimum absolute atomic E-state index is 0.0135. The van der Waals surface area contributed by atoms with Crippen LogP contribution < -0.4 is 11.3 Å². The van der Waals surface area contributed by atoms with E-state index < -0.39 is 61.1 Å². The summed E-state index contributed by atoms with van der Waals surface area (Å²) in [6, 6.07) is 0. The zero-order chi connectivity index (χ0) is 26.2. The van der Waals surface area contributed by atoms with Gasteiger partial charge in [0.2, 0.25) is 13.6 Å². The van der Waals surface area contributed by atoms with E-state index in [-0.39, 0.29) is 12.7 Å². The van der Waals surface area contributed by atoms with E-state index in [1.54, 1.807) is 41.5 Å². The Morgan fingerprint density at radius 1 is 1.00 bits per heavy atom.